The van der Waals surface area contributed by atoms with Gasteiger partial charge in [-0.2, -0.15) is 5.10 Å². The van der Waals surface area contributed by atoms with Gasteiger partial charge in [-0.3, -0.25) is 4.79 Å². The van der Waals surface area contributed by atoms with Crippen molar-refractivity contribution in [2.24, 2.45) is 0 Å². The maximum absolute atomic E-state index is 12.1. The van der Waals surface area contributed by atoms with E-state index in [2.05, 4.69) is 10.4 Å². The summed E-state index contributed by atoms with van der Waals surface area (Å²) < 4.78 is 24.6. The topological polar surface area (TPSA) is 81.1 Å². The van der Waals surface area contributed by atoms with Crippen molar-refractivity contribution in [2.45, 2.75) is 44.9 Å². The molecule has 2 rings (SSSR count). The van der Waals surface area contributed by atoms with Crippen molar-refractivity contribution in [3.63, 3.8) is 0 Å². The molecule has 20 heavy (non-hydrogen) atoms. The number of fused-ring (bicyclic) bond motifs is 1. The van der Waals surface area contributed by atoms with Gasteiger partial charge in [0.1, 0.15) is 0 Å². The van der Waals surface area contributed by atoms with Crippen LogP contribution in [0.1, 0.15) is 32.9 Å². The molecule has 1 aromatic heterocycles. The Hall–Kier alpha value is -1.37. The van der Waals surface area contributed by atoms with Crippen LogP contribution in [0.4, 0.5) is 5.69 Å². The van der Waals surface area contributed by atoms with Gasteiger partial charge in [-0.25, -0.2) is 13.1 Å². The Bertz CT molecular complexity index is 656. The van der Waals surface area contributed by atoms with E-state index in [-0.39, 0.29) is 17.9 Å². The molecule has 0 aliphatic carbocycles. The molecule has 0 amide bonds. The highest BCUT2D eigenvalue weighted by atomic mass is 32.2. The average molecular weight is 299 g/mol. The third kappa shape index (κ3) is 3.03. The van der Waals surface area contributed by atoms with Crippen LogP contribution in [0.2, 0.25) is 0 Å². The van der Waals surface area contributed by atoms with E-state index in [0.29, 0.717) is 0 Å². The van der Waals surface area contributed by atoms with Crippen LogP contribution >= 0.6 is 0 Å². The molecule has 0 atom stereocenters. The van der Waals surface area contributed by atoms with E-state index in [0.717, 1.165) is 30.8 Å². The van der Waals surface area contributed by atoms with Crippen molar-refractivity contribution in [2.75, 3.05) is 17.6 Å². The van der Waals surface area contributed by atoms with E-state index >= 15 is 0 Å². The predicted molar refractivity (Wildman–Crippen MR) is 78.8 cm³/mol. The van der Waals surface area contributed by atoms with Crippen LogP contribution in [-0.4, -0.2) is 35.2 Å². The second kappa shape index (κ2) is 5.20. The molecule has 7 heteroatoms. The Labute approximate surface area is 119 Å². The average Bonchev–Trinajstić information content (AvgIpc) is 2.35. The highest BCUT2D eigenvalue weighted by Gasteiger charge is 2.28. The Morgan fingerprint density at radius 3 is 2.75 bits per heavy atom. The standard InChI is InChI=1S/C13H21N3O3S/c1-13(2,3)20(18,19)8-7-16-12(17)9-11-10(15-16)5-4-6-14-11/h9,14H,4-8H2,1-3H3. The predicted octanol–water partition coefficient (Wildman–Crippen LogP) is 0.815. The Kier molecular flexibility index (Phi) is 3.90. The lowest BCUT2D eigenvalue weighted by atomic mass is 10.1. The van der Waals surface area contributed by atoms with Gasteiger partial charge in [0.2, 0.25) is 0 Å². The van der Waals surface area contributed by atoms with Gasteiger partial charge in [0.25, 0.3) is 5.56 Å². The second-order valence-corrected chi connectivity index (χ2v) is 8.89. The summed E-state index contributed by atoms with van der Waals surface area (Å²) in [5.41, 5.74) is 1.35. The van der Waals surface area contributed by atoms with E-state index in [4.69, 9.17) is 0 Å². The smallest absolute Gasteiger partial charge is 0.268 e. The summed E-state index contributed by atoms with van der Waals surface area (Å²) in [7, 11) is -3.25. The van der Waals surface area contributed by atoms with E-state index < -0.39 is 14.6 Å². The molecule has 112 valence electrons. The maximum Gasteiger partial charge on any atom is 0.268 e. The number of hydrogen-bond acceptors (Lipinski definition) is 5. The summed E-state index contributed by atoms with van der Waals surface area (Å²) in [6.45, 7) is 5.93. The first-order valence-corrected chi connectivity index (χ1v) is 8.43. The van der Waals surface area contributed by atoms with Gasteiger partial charge in [0.15, 0.2) is 9.84 Å². The van der Waals surface area contributed by atoms with Gasteiger partial charge < -0.3 is 5.32 Å². The molecule has 1 aliphatic rings. The molecule has 0 aromatic carbocycles. The first kappa shape index (κ1) is 15.0. The van der Waals surface area contributed by atoms with Crippen LogP contribution in [0.25, 0.3) is 0 Å². The Morgan fingerprint density at radius 2 is 2.10 bits per heavy atom. The van der Waals surface area contributed by atoms with Gasteiger partial charge in [0, 0.05) is 12.6 Å². The molecule has 6 nitrogen and oxygen atoms in total. The van der Waals surface area contributed by atoms with Crippen molar-refractivity contribution in [3.8, 4) is 0 Å². The van der Waals surface area contributed by atoms with E-state index in [1.165, 1.54) is 10.7 Å². The minimum Gasteiger partial charge on any atom is -0.383 e. The lowest BCUT2D eigenvalue weighted by molar-refractivity contribution is 0.538. The number of anilines is 1. The van der Waals surface area contributed by atoms with E-state index in [9.17, 15) is 13.2 Å². The summed E-state index contributed by atoms with van der Waals surface area (Å²) in [6.07, 6.45) is 1.78. The minimum atomic E-state index is -3.25. The molecule has 1 N–H and O–H groups in total. The van der Waals surface area contributed by atoms with Gasteiger partial charge >= 0.3 is 0 Å². The molecular weight excluding hydrogens is 278 g/mol. The second-order valence-electron chi connectivity index (χ2n) is 6.03. The van der Waals surface area contributed by atoms with Gasteiger partial charge in [-0.1, -0.05) is 0 Å². The van der Waals surface area contributed by atoms with Crippen LogP contribution in [0.3, 0.4) is 0 Å². The molecule has 2 heterocycles. The molecular formula is C13H21N3O3S. The van der Waals surface area contributed by atoms with E-state index in [1.807, 2.05) is 0 Å². The molecule has 0 fully saturated rings. The van der Waals surface area contributed by atoms with Crippen molar-refractivity contribution in [1.29, 1.82) is 0 Å². The summed E-state index contributed by atoms with van der Waals surface area (Å²) in [5.74, 6) is -0.0738. The zero-order valence-electron chi connectivity index (χ0n) is 12.1. The summed E-state index contributed by atoms with van der Waals surface area (Å²) in [4.78, 5) is 11.9. The Morgan fingerprint density at radius 1 is 1.40 bits per heavy atom. The van der Waals surface area contributed by atoms with Crippen LogP contribution in [0, 0.1) is 0 Å². The fourth-order valence-corrected chi connectivity index (χ4v) is 3.05. The molecule has 0 saturated carbocycles. The quantitative estimate of drug-likeness (QED) is 0.893. The van der Waals surface area contributed by atoms with Gasteiger partial charge in [-0.05, 0) is 33.6 Å². The number of aromatic nitrogens is 2. The third-order valence-corrected chi connectivity index (χ3v) is 6.07. The summed E-state index contributed by atoms with van der Waals surface area (Å²) in [5, 5.41) is 7.41. The number of nitrogens with zero attached hydrogens (tertiary/aromatic N) is 2. The highest BCUT2D eigenvalue weighted by Crippen LogP contribution is 2.18. The molecule has 0 radical (unpaired) electrons. The van der Waals surface area contributed by atoms with Gasteiger partial charge in [-0.15, -0.1) is 0 Å². The van der Waals surface area contributed by atoms with Crippen molar-refractivity contribution < 1.29 is 8.42 Å². The van der Waals surface area contributed by atoms with Crippen LogP contribution < -0.4 is 10.9 Å². The molecule has 1 aromatic rings. The zero-order chi connectivity index (χ0) is 15.0. The monoisotopic (exact) mass is 299 g/mol. The molecule has 1 aliphatic heterocycles. The summed E-state index contributed by atoms with van der Waals surface area (Å²) >= 11 is 0. The van der Waals surface area contributed by atoms with Crippen molar-refractivity contribution in [3.05, 3.63) is 22.1 Å². The number of nitrogens with one attached hydrogen (secondary N) is 1. The first-order chi connectivity index (χ1) is 9.21. The van der Waals surface area contributed by atoms with Crippen LogP contribution in [-0.2, 0) is 22.8 Å². The van der Waals surface area contributed by atoms with E-state index in [1.54, 1.807) is 20.8 Å². The highest BCUT2D eigenvalue weighted by molar-refractivity contribution is 7.92. The molecule has 0 unspecified atom stereocenters. The number of aryl methyl sites for hydroxylation is 2. The van der Waals surface area contributed by atoms with Gasteiger partial charge in [0.05, 0.1) is 28.4 Å². The SMILES string of the molecule is CC(C)(C)S(=O)(=O)CCn1nc2c(cc1=O)NCCC2. The lowest BCUT2D eigenvalue weighted by Crippen LogP contribution is -2.35. The zero-order valence-corrected chi connectivity index (χ0v) is 13.0. The molecule has 0 bridgehead atoms. The first-order valence-electron chi connectivity index (χ1n) is 6.78. The summed E-state index contributed by atoms with van der Waals surface area (Å²) in [6, 6.07) is 1.51. The molecule has 0 spiro atoms. The number of hydrogen-bond donors (Lipinski definition) is 1. The fourth-order valence-electron chi connectivity index (χ4n) is 2.02. The largest absolute Gasteiger partial charge is 0.383 e. The third-order valence-electron chi connectivity index (χ3n) is 3.49. The molecule has 0 saturated heterocycles. The number of sulfone groups is 1. The lowest BCUT2D eigenvalue weighted by Gasteiger charge is -2.20. The normalized spacial score (nSPS) is 15.6. The van der Waals surface area contributed by atoms with Crippen molar-refractivity contribution in [1.82, 2.24) is 9.78 Å². The number of rotatable bonds is 3. The minimum absolute atomic E-state index is 0.0738. The van der Waals surface area contributed by atoms with Crippen LogP contribution in [0.15, 0.2) is 10.9 Å². The van der Waals surface area contributed by atoms with Crippen molar-refractivity contribution >= 4 is 15.5 Å². The maximum atomic E-state index is 12.1. The fraction of sp³-hybridized carbons (Fsp3) is 0.692. The Balaban J connectivity index is 2.21. The van der Waals surface area contributed by atoms with Crippen LogP contribution in [0.5, 0.6) is 0 Å².